The predicted molar refractivity (Wildman–Crippen MR) is 152 cm³/mol. The summed E-state index contributed by atoms with van der Waals surface area (Å²) in [6, 6.07) is 11.7. The molecule has 2 aromatic carbocycles. The minimum absolute atomic E-state index is 0.0282. The largest absolute Gasteiger partial charge is 0.507 e. The van der Waals surface area contributed by atoms with Gasteiger partial charge >= 0.3 is 0 Å². The van der Waals surface area contributed by atoms with Gasteiger partial charge in [0.05, 0.1) is 17.5 Å². The van der Waals surface area contributed by atoms with Crippen molar-refractivity contribution >= 4 is 34.9 Å². The lowest BCUT2D eigenvalue weighted by Gasteiger charge is -2.42. The van der Waals surface area contributed by atoms with Crippen molar-refractivity contribution in [1.29, 1.82) is 0 Å². The second-order valence-corrected chi connectivity index (χ2v) is 11.2. The van der Waals surface area contributed by atoms with Gasteiger partial charge in [0.25, 0.3) is 0 Å². The zero-order valence-corrected chi connectivity index (χ0v) is 22.8. The van der Waals surface area contributed by atoms with E-state index in [4.69, 9.17) is 0 Å². The van der Waals surface area contributed by atoms with E-state index < -0.39 is 23.7 Å². The Kier molecular flexibility index (Phi) is 6.33. The molecule has 7 heteroatoms. The number of carbonyl (C=O) groups excluding carboxylic acids is 5. The fraction of sp³-hybridized carbons (Fsp3) is 0.265. The Morgan fingerprint density at radius 2 is 1.78 bits per heavy atom. The molecule has 41 heavy (non-hydrogen) atoms. The zero-order chi connectivity index (χ0) is 29.2. The van der Waals surface area contributed by atoms with Crippen LogP contribution in [-0.2, 0) is 25.6 Å². The number of hydrogen-bond donors (Lipinski definition) is 1. The number of phenols is 1. The molecular formula is C34H29NO6. The van der Waals surface area contributed by atoms with Crippen molar-refractivity contribution < 1.29 is 29.1 Å². The standard InChI is InChI=1S/C34H29NO6/c1-4-6-20-7-5-8-23(32(20)39)28-22-13-14-24-29(25(22)16-26-30(28)27(37)15-17(2)31(26)38)34(41)35(33(24)40)21-11-9-19(10-12-21)18(3)36/h4-5,7-13,15,24-25,28-29,39H,1,6,14,16H2,2-3H3. The van der Waals surface area contributed by atoms with Gasteiger partial charge in [-0.1, -0.05) is 35.9 Å². The van der Waals surface area contributed by atoms with Crippen LogP contribution in [0, 0.1) is 17.8 Å². The molecule has 1 saturated heterocycles. The van der Waals surface area contributed by atoms with Gasteiger partial charge < -0.3 is 5.11 Å². The van der Waals surface area contributed by atoms with Crippen molar-refractivity contribution in [3.05, 3.63) is 106 Å². The summed E-state index contributed by atoms with van der Waals surface area (Å²) < 4.78 is 0. The van der Waals surface area contributed by atoms with Gasteiger partial charge in [-0.2, -0.15) is 0 Å². The van der Waals surface area contributed by atoms with Crippen molar-refractivity contribution in [2.45, 2.75) is 39.0 Å². The third kappa shape index (κ3) is 3.98. The minimum Gasteiger partial charge on any atom is -0.507 e. The fourth-order valence-corrected chi connectivity index (χ4v) is 7.00. The van der Waals surface area contributed by atoms with Crippen LogP contribution in [0.25, 0.3) is 0 Å². The lowest BCUT2D eigenvalue weighted by atomic mass is 9.59. The van der Waals surface area contributed by atoms with E-state index in [1.54, 1.807) is 55.5 Å². The average Bonchev–Trinajstić information content (AvgIpc) is 3.21. The molecule has 4 atom stereocenters. The highest BCUT2D eigenvalue weighted by atomic mass is 16.3. The molecular weight excluding hydrogens is 518 g/mol. The van der Waals surface area contributed by atoms with Crippen LogP contribution in [0.2, 0.25) is 0 Å². The second kappa shape index (κ2) is 9.77. The van der Waals surface area contributed by atoms with Gasteiger partial charge in [0.15, 0.2) is 17.3 Å². The molecule has 2 amide bonds. The maximum atomic E-state index is 14.0. The molecule has 1 N–H and O–H groups in total. The monoisotopic (exact) mass is 547 g/mol. The number of rotatable bonds is 5. The molecule has 206 valence electrons. The fourth-order valence-electron chi connectivity index (χ4n) is 7.00. The quantitative estimate of drug-likeness (QED) is 0.245. The molecule has 3 aliphatic carbocycles. The summed E-state index contributed by atoms with van der Waals surface area (Å²) in [5.41, 5.74) is 3.80. The number of Topliss-reactive ketones (excluding diaryl/α,β-unsaturated/α-hetero) is 2. The van der Waals surface area contributed by atoms with E-state index in [2.05, 4.69) is 6.58 Å². The van der Waals surface area contributed by atoms with Crippen LogP contribution in [0.4, 0.5) is 5.69 Å². The molecule has 0 saturated carbocycles. The molecule has 2 aromatic rings. The number of benzene rings is 2. The van der Waals surface area contributed by atoms with E-state index in [1.165, 1.54) is 17.9 Å². The lowest BCUT2D eigenvalue weighted by molar-refractivity contribution is -0.123. The third-order valence-corrected chi connectivity index (χ3v) is 8.92. The van der Waals surface area contributed by atoms with E-state index in [0.29, 0.717) is 51.9 Å². The van der Waals surface area contributed by atoms with Crippen molar-refractivity contribution in [2.24, 2.45) is 17.8 Å². The molecule has 1 heterocycles. The SMILES string of the molecule is C=CCc1cccc(C2C3=CCC4C(=O)N(c5ccc(C(C)=O)cc5)C(=O)C4C3CC3=C2C(=O)C=C(C)C3=O)c1O. The number of para-hydroxylation sites is 1. The summed E-state index contributed by atoms with van der Waals surface area (Å²) >= 11 is 0. The molecule has 4 unspecified atom stereocenters. The maximum absolute atomic E-state index is 14.0. The smallest absolute Gasteiger partial charge is 0.238 e. The van der Waals surface area contributed by atoms with Crippen molar-refractivity contribution in [3.63, 3.8) is 0 Å². The second-order valence-electron chi connectivity index (χ2n) is 11.2. The van der Waals surface area contributed by atoms with Gasteiger partial charge in [-0.05, 0) is 74.9 Å². The summed E-state index contributed by atoms with van der Waals surface area (Å²) in [5, 5.41) is 11.3. The first-order chi connectivity index (χ1) is 19.6. The summed E-state index contributed by atoms with van der Waals surface area (Å²) in [6.07, 6.45) is 5.84. The molecule has 7 nitrogen and oxygen atoms in total. The minimum atomic E-state index is -0.723. The third-order valence-electron chi connectivity index (χ3n) is 8.92. The molecule has 0 spiro atoms. The Morgan fingerprint density at radius 1 is 1.05 bits per heavy atom. The first-order valence-corrected chi connectivity index (χ1v) is 13.7. The summed E-state index contributed by atoms with van der Waals surface area (Å²) in [6.45, 7) is 6.82. The van der Waals surface area contributed by atoms with Crippen molar-refractivity contribution in [1.82, 2.24) is 0 Å². The Morgan fingerprint density at radius 3 is 2.46 bits per heavy atom. The molecule has 0 aromatic heterocycles. The van der Waals surface area contributed by atoms with E-state index in [0.717, 1.165) is 5.57 Å². The van der Waals surface area contributed by atoms with Crippen LogP contribution >= 0.6 is 0 Å². The van der Waals surface area contributed by atoms with E-state index in [-0.39, 0.29) is 41.3 Å². The van der Waals surface area contributed by atoms with Gasteiger partial charge in [0.2, 0.25) is 11.8 Å². The van der Waals surface area contributed by atoms with Crippen molar-refractivity contribution in [2.75, 3.05) is 4.90 Å². The highest BCUT2D eigenvalue weighted by Gasteiger charge is 2.56. The molecule has 0 bridgehead atoms. The van der Waals surface area contributed by atoms with E-state index >= 15 is 0 Å². The maximum Gasteiger partial charge on any atom is 0.238 e. The number of hydrogen-bond acceptors (Lipinski definition) is 6. The van der Waals surface area contributed by atoms with Crippen LogP contribution in [-0.4, -0.2) is 34.3 Å². The number of fused-ring (bicyclic) bond motifs is 3. The van der Waals surface area contributed by atoms with Crippen LogP contribution in [0.3, 0.4) is 0 Å². The number of amides is 2. The molecule has 1 fully saturated rings. The van der Waals surface area contributed by atoms with Crippen molar-refractivity contribution in [3.8, 4) is 5.75 Å². The number of nitrogens with zero attached hydrogens (tertiary/aromatic N) is 1. The molecule has 4 aliphatic rings. The van der Waals surface area contributed by atoms with Gasteiger partial charge in [-0.3, -0.25) is 28.9 Å². The van der Waals surface area contributed by atoms with E-state index in [1.807, 2.05) is 6.08 Å². The normalized spacial score (nSPS) is 25.4. The number of anilines is 1. The number of imide groups is 1. The lowest BCUT2D eigenvalue weighted by Crippen LogP contribution is -2.39. The number of allylic oxidation sites excluding steroid dienone is 7. The highest BCUT2D eigenvalue weighted by molar-refractivity contribution is 6.25. The first kappa shape index (κ1) is 26.6. The average molecular weight is 548 g/mol. The molecule has 0 radical (unpaired) electrons. The number of carbonyl (C=O) groups is 5. The summed E-state index contributed by atoms with van der Waals surface area (Å²) in [7, 11) is 0. The number of phenolic OH excluding ortho intramolecular Hbond substituents is 1. The van der Waals surface area contributed by atoms with Crippen LogP contribution in [0.5, 0.6) is 5.75 Å². The van der Waals surface area contributed by atoms with E-state index in [9.17, 15) is 29.1 Å². The first-order valence-electron chi connectivity index (χ1n) is 13.7. The van der Waals surface area contributed by atoms with Crippen LogP contribution in [0.15, 0.2) is 89.6 Å². The summed E-state index contributed by atoms with van der Waals surface area (Å²) in [4.78, 5) is 67.5. The molecule has 6 rings (SSSR count). The van der Waals surface area contributed by atoms with Crippen LogP contribution < -0.4 is 4.90 Å². The van der Waals surface area contributed by atoms with Gasteiger partial charge in [-0.25, -0.2) is 0 Å². The number of aromatic hydroxyl groups is 1. The Hall–Kier alpha value is -4.65. The molecule has 1 aliphatic heterocycles. The topological polar surface area (TPSA) is 109 Å². The van der Waals surface area contributed by atoms with Gasteiger partial charge in [0, 0.05) is 33.8 Å². The predicted octanol–water partition coefficient (Wildman–Crippen LogP) is 4.96. The van der Waals surface area contributed by atoms with Gasteiger partial charge in [0.1, 0.15) is 5.75 Å². The summed E-state index contributed by atoms with van der Waals surface area (Å²) in [5.74, 6) is -3.85. The highest BCUT2D eigenvalue weighted by Crippen LogP contribution is 2.56. The van der Waals surface area contributed by atoms with Gasteiger partial charge in [-0.15, -0.1) is 6.58 Å². The Bertz CT molecular complexity index is 1670. The van der Waals surface area contributed by atoms with Crippen LogP contribution in [0.1, 0.15) is 54.1 Å². The Balaban J connectivity index is 1.47. The Labute approximate surface area is 237 Å². The zero-order valence-electron chi connectivity index (χ0n) is 22.8. The number of ketones is 3.